The molecule has 1 N–H and O–H groups in total. The second-order valence-electron chi connectivity index (χ2n) is 7.59. The number of allylic oxidation sites excluding steroid dienone is 1. The molecule has 2 nitrogen and oxygen atoms in total. The maximum absolute atomic E-state index is 3.89. The zero-order chi connectivity index (χ0) is 19.6. The minimum absolute atomic E-state index is 0.351. The van der Waals surface area contributed by atoms with Crippen LogP contribution in [0.4, 0.5) is 0 Å². The normalized spacial score (nSPS) is 10.9. The fourth-order valence-corrected chi connectivity index (χ4v) is 2.76. The maximum atomic E-state index is 3.89. The number of imidazole rings is 1. The minimum atomic E-state index is 0.351. The molecule has 0 fully saturated rings. The monoisotopic (exact) mass is 358 g/mol. The third-order valence-electron chi connectivity index (χ3n) is 4.42. The molecule has 0 aliphatic carbocycles. The molecule has 1 aromatic heterocycles. The van der Waals surface area contributed by atoms with Gasteiger partial charge in [-0.25, -0.2) is 4.98 Å². The van der Waals surface area contributed by atoms with E-state index in [9.17, 15) is 0 Å². The van der Waals surface area contributed by atoms with E-state index >= 15 is 0 Å². The van der Waals surface area contributed by atoms with Crippen molar-refractivity contribution in [3.05, 3.63) is 90.4 Å². The Morgan fingerprint density at radius 3 is 2.00 bits per heavy atom. The van der Waals surface area contributed by atoms with Crippen molar-refractivity contribution < 1.29 is 0 Å². The SMILES string of the molecule is CC(C)c1cnc[nH]1.Cc1ccc(B(C=CC(C)C)c2ccccc2)cc1. The molecule has 0 atom stereocenters. The fourth-order valence-electron chi connectivity index (χ4n) is 2.76. The molecule has 1 heterocycles. The largest absolute Gasteiger partial charge is 0.348 e. The van der Waals surface area contributed by atoms with Crippen LogP contribution >= 0.6 is 0 Å². The van der Waals surface area contributed by atoms with Gasteiger partial charge in [0.05, 0.1) is 6.33 Å². The molecule has 0 bridgehead atoms. The quantitative estimate of drug-likeness (QED) is 0.647. The van der Waals surface area contributed by atoms with E-state index in [-0.39, 0.29) is 0 Å². The van der Waals surface area contributed by atoms with Gasteiger partial charge in [-0.15, -0.1) is 5.98 Å². The van der Waals surface area contributed by atoms with Gasteiger partial charge >= 0.3 is 0 Å². The highest BCUT2D eigenvalue weighted by molar-refractivity contribution is 6.89. The molecular formula is C24H31BN2. The van der Waals surface area contributed by atoms with E-state index in [1.807, 2.05) is 6.20 Å². The summed E-state index contributed by atoms with van der Waals surface area (Å²) in [6, 6.07) is 19.5. The lowest BCUT2D eigenvalue weighted by molar-refractivity contribution is 0.832. The maximum Gasteiger partial charge on any atom is 0.233 e. The van der Waals surface area contributed by atoms with Gasteiger partial charge in [-0.05, 0) is 18.8 Å². The zero-order valence-corrected chi connectivity index (χ0v) is 17.2. The molecule has 0 saturated carbocycles. The number of rotatable bonds is 5. The van der Waals surface area contributed by atoms with Crippen LogP contribution in [0, 0.1) is 12.8 Å². The third-order valence-corrected chi connectivity index (χ3v) is 4.42. The van der Waals surface area contributed by atoms with Crippen LogP contribution in [0.3, 0.4) is 0 Å². The third kappa shape index (κ3) is 6.94. The second-order valence-corrected chi connectivity index (χ2v) is 7.59. The first-order valence-electron chi connectivity index (χ1n) is 9.75. The van der Waals surface area contributed by atoms with Crippen molar-refractivity contribution in [3.8, 4) is 0 Å². The van der Waals surface area contributed by atoms with Gasteiger partial charge < -0.3 is 4.98 Å². The Morgan fingerprint density at radius 1 is 0.889 bits per heavy atom. The molecule has 0 aliphatic rings. The number of H-pyrrole nitrogens is 1. The molecule has 0 saturated heterocycles. The smallest absolute Gasteiger partial charge is 0.233 e. The lowest BCUT2D eigenvalue weighted by Crippen LogP contribution is -2.40. The van der Waals surface area contributed by atoms with Gasteiger partial charge in [-0.1, -0.05) is 105 Å². The number of hydrogen-bond donors (Lipinski definition) is 1. The molecule has 3 rings (SSSR count). The summed E-state index contributed by atoms with van der Waals surface area (Å²) in [6.45, 7) is 11.2. The molecule has 3 heteroatoms. The van der Waals surface area contributed by atoms with Crippen LogP contribution in [0.15, 0.2) is 79.2 Å². The highest BCUT2D eigenvalue weighted by Gasteiger charge is 2.15. The van der Waals surface area contributed by atoms with Crippen LogP contribution in [0.5, 0.6) is 0 Å². The number of hydrogen-bond acceptors (Lipinski definition) is 1. The Bertz CT molecular complexity index is 788. The molecule has 27 heavy (non-hydrogen) atoms. The van der Waals surface area contributed by atoms with E-state index in [0.717, 1.165) is 0 Å². The molecular weight excluding hydrogens is 327 g/mol. The first-order chi connectivity index (χ1) is 13.0. The van der Waals surface area contributed by atoms with Crippen LogP contribution < -0.4 is 10.9 Å². The van der Waals surface area contributed by atoms with Gasteiger partial charge in [0.1, 0.15) is 0 Å². The summed E-state index contributed by atoms with van der Waals surface area (Å²) in [4.78, 5) is 6.91. The van der Waals surface area contributed by atoms with E-state index in [1.54, 1.807) is 6.33 Å². The van der Waals surface area contributed by atoms with E-state index in [2.05, 4.69) is 111 Å². The number of aromatic amines is 1. The summed E-state index contributed by atoms with van der Waals surface area (Å²) < 4.78 is 0. The predicted molar refractivity (Wildman–Crippen MR) is 119 cm³/mol. The average molecular weight is 358 g/mol. The molecule has 0 aliphatic heterocycles. The molecule has 3 aromatic rings. The number of nitrogens with one attached hydrogen (secondary N) is 1. The first kappa shape index (κ1) is 20.8. The second kappa shape index (κ2) is 10.6. The highest BCUT2D eigenvalue weighted by Crippen LogP contribution is 2.07. The van der Waals surface area contributed by atoms with Gasteiger partial charge in [-0.3, -0.25) is 0 Å². The van der Waals surface area contributed by atoms with E-state index in [0.29, 0.717) is 18.5 Å². The van der Waals surface area contributed by atoms with Crippen LogP contribution in [0.25, 0.3) is 0 Å². The summed E-state index contributed by atoms with van der Waals surface area (Å²) in [5.74, 6) is 3.47. The Morgan fingerprint density at radius 2 is 1.52 bits per heavy atom. The minimum Gasteiger partial charge on any atom is -0.348 e. The van der Waals surface area contributed by atoms with Crippen molar-refractivity contribution in [3.63, 3.8) is 0 Å². The number of aromatic nitrogens is 2. The zero-order valence-electron chi connectivity index (χ0n) is 17.2. The summed E-state index contributed by atoms with van der Waals surface area (Å²) >= 11 is 0. The van der Waals surface area contributed by atoms with Crippen molar-refractivity contribution >= 4 is 17.6 Å². The Kier molecular flexibility index (Phi) is 8.13. The van der Waals surface area contributed by atoms with Crippen LogP contribution in [-0.2, 0) is 0 Å². The molecule has 0 unspecified atom stereocenters. The summed E-state index contributed by atoms with van der Waals surface area (Å²) in [7, 11) is 0. The Labute approximate surface area is 164 Å². The van der Waals surface area contributed by atoms with Crippen molar-refractivity contribution in [2.24, 2.45) is 5.92 Å². The molecule has 0 radical (unpaired) electrons. The van der Waals surface area contributed by atoms with Crippen molar-refractivity contribution in [2.45, 2.75) is 40.5 Å². The number of nitrogens with zero attached hydrogens (tertiary/aromatic N) is 1. The molecule has 0 amide bonds. The van der Waals surface area contributed by atoms with Crippen LogP contribution in [0.1, 0.15) is 44.9 Å². The fraction of sp³-hybridized carbons (Fsp3) is 0.292. The van der Waals surface area contributed by atoms with Gasteiger partial charge in [-0.2, -0.15) is 0 Å². The summed E-state index contributed by atoms with van der Waals surface area (Å²) in [6.07, 6.45) is 5.84. The predicted octanol–water partition coefficient (Wildman–Crippen LogP) is 4.89. The summed E-state index contributed by atoms with van der Waals surface area (Å²) in [5, 5.41) is 0. The van der Waals surface area contributed by atoms with Gasteiger partial charge in [0.2, 0.25) is 6.71 Å². The standard InChI is InChI=1S/C18H21B.C6H10N2/c1-15(2)13-14-19(17-7-5-4-6-8-17)18-11-9-16(3)10-12-18;1-5(2)6-3-7-4-8-6/h4-15H,1-3H3;3-5H,1-2H3,(H,7,8). The molecule has 140 valence electrons. The first-order valence-corrected chi connectivity index (χ1v) is 9.75. The molecule has 0 spiro atoms. The average Bonchev–Trinajstić information content (AvgIpc) is 3.20. The number of aryl methyl sites for hydroxylation is 1. The summed E-state index contributed by atoms with van der Waals surface area (Å²) in [5.41, 5.74) is 5.21. The van der Waals surface area contributed by atoms with Crippen molar-refractivity contribution in [1.29, 1.82) is 0 Å². The van der Waals surface area contributed by atoms with Gasteiger partial charge in [0.25, 0.3) is 0 Å². The lowest BCUT2D eigenvalue weighted by Gasteiger charge is -2.11. The van der Waals surface area contributed by atoms with Crippen LogP contribution in [0.2, 0.25) is 0 Å². The Balaban J connectivity index is 0.000000273. The lowest BCUT2D eigenvalue weighted by atomic mass is 9.40. The van der Waals surface area contributed by atoms with Crippen molar-refractivity contribution in [1.82, 2.24) is 9.97 Å². The van der Waals surface area contributed by atoms with E-state index in [4.69, 9.17) is 0 Å². The van der Waals surface area contributed by atoms with Gasteiger partial charge in [0.15, 0.2) is 0 Å². The highest BCUT2D eigenvalue weighted by atomic mass is 14.9. The van der Waals surface area contributed by atoms with E-state index in [1.165, 1.54) is 22.2 Å². The van der Waals surface area contributed by atoms with Crippen LogP contribution in [-0.4, -0.2) is 16.7 Å². The topological polar surface area (TPSA) is 28.7 Å². The van der Waals surface area contributed by atoms with E-state index < -0.39 is 0 Å². The van der Waals surface area contributed by atoms with Gasteiger partial charge in [0, 0.05) is 11.9 Å². The molecule has 2 aromatic carbocycles. The number of benzene rings is 2. The van der Waals surface area contributed by atoms with Crippen molar-refractivity contribution in [2.75, 3.05) is 0 Å². The Hall–Kier alpha value is -2.55.